The predicted octanol–water partition coefficient (Wildman–Crippen LogP) is 38.7. The van der Waals surface area contributed by atoms with Crippen LogP contribution >= 0.6 is 68.0 Å². The molecule has 27 rings (SSSR count). The van der Waals surface area contributed by atoms with E-state index in [1.54, 1.807) is 0 Å². The van der Waals surface area contributed by atoms with E-state index in [9.17, 15) is 0 Å². The summed E-state index contributed by atoms with van der Waals surface area (Å²) in [6.45, 7) is 0. The highest BCUT2D eigenvalue weighted by Gasteiger charge is 2.23. The third-order valence-corrected chi connectivity index (χ3v) is 32.5. The fourth-order valence-electron chi connectivity index (χ4n) is 19.2. The van der Waals surface area contributed by atoms with Gasteiger partial charge in [0.1, 0.15) is 0 Å². The van der Waals surface area contributed by atoms with Crippen molar-refractivity contribution in [2.24, 2.45) is 0 Å². The minimum atomic E-state index is 1.13. The summed E-state index contributed by atoms with van der Waals surface area (Å²) in [7, 11) is 0. The molecule has 0 aliphatic rings. The van der Waals surface area contributed by atoms with E-state index < -0.39 is 0 Å². The molecule has 0 atom stereocenters. The first kappa shape index (κ1) is 78.1. The van der Waals surface area contributed by atoms with Crippen LogP contribution in [0.5, 0.6) is 0 Å². The van der Waals surface area contributed by atoms with Crippen molar-refractivity contribution in [2.75, 3.05) is 14.7 Å². The number of anilines is 9. The van der Waals surface area contributed by atoms with Gasteiger partial charge in [0.25, 0.3) is 0 Å². The zero-order valence-corrected chi connectivity index (χ0v) is 75.6. The number of fused-ring (bicyclic) bond motifs is 20. The highest BCUT2D eigenvalue weighted by molar-refractivity contribution is 7.28. The van der Waals surface area contributed by atoms with E-state index in [4.69, 9.17) is 0 Å². The first-order valence-corrected chi connectivity index (χ1v) is 49.1. The van der Waals surface area contributed by atoms with Crippen molar-refractivity contribution >= 4 is 262 Å². The van der Waals surface area contributed by atoms with Crippen LogP contribution in [0, 0.1) is 0 Å². The summed E-state index contributed by atoms with van der Waals surface area (Å²) in [5, 5.41) is 20.8. The smallest absolute Gasteiger partial charge is 0.0540 e. The molecule has 6 aromatic heterocycles. The van der Waals surface area contributed by atoms with Crippen molar-refractivity contribution in [3.05, 3.63) is 467 Å². The highest BCUT2D eigenvalue weighted by Crippen LogP contribution is 2.49. The Morgan fingerprint density at radius 3 is 0.718 bits per heavy atom. The van der Waals surface area contributed by atoms with Crippen LogP contribution in [0.1, 0.15) is 0 Å². The second-order valence-electron chi connectivity index (χ2n) is 33.4. The van der Waals surface area contributed by atoms with E-state index in [1.165, 1.54) is 193 Å². The summed E-state index contributed by atoms with van der Waals surface area (Å²) >= 11 is 11.2. The number of nitrogens with zero attached hydrogens (tertiary/aromatic N) is 3. The van der Waals surface area contributed by atoms with E-state index >= 15 is 0 Å². The molecule has 131 heavy (non-hydrogen) atoms. The van der Waals surface area contributed by atoms with Crippen LogP contribution in [0.2, 0.25) is 0 Å². The summed E-state index contributed by atoms with van der Waals surface area (Å²) < 4.78 is 15.9. The van der Waals surface area contributed by atoms with Crippen LogP contribution in [-0.2, 0) is 0 Å². The minimum absolute atomic E-state index is 1.13. The molecule has 0 amide bonds. The summed E-state index contributed by atoms with van der Waals surface area (Å²) in [5.41, 5.74) is 20.2. The van der Waals surface area contributed by atoms with Gasteiger partial charge >= 0.3 is 0 Å². The molecule has 0 aliphatic carbocycles. The second-order valence-corrected chi connectivity index (χ2v) is 39.9. The highest BCUT2D eigenvalue weighted by atomic mass is 32.1. The van der Waals surface area contributed by atoms with Gasteiger partial charge in [-0.1, -0.05) is 273 Å². The van der Waals surface area contributed by atoms with Crippen LogP contribution in [0.3, 0.4) is 0 Å². The summed E-state index contributed by atoms with van der Waals surface area (Å²) in [6.07, 6.45) is 0. The Hall–Kier alpha value is -15.1. The molecule has 0 unspecified atom stereocenters. The largest absolute Gasteiger partial charge is 0.310 e. The third kappa shape index (κ3) is 14.5. The van der Waals surface area contributed by atoms with E-state index in [1.807, 2.05) is 68.0 Å². The first-order valence-electron chi connectivity index (χ1n) is 44.2. The van der Waals surface area contributed by atoms with Gasteiger partial charge in [-0.2, -0.15) is 0 Å². The Balaban J connectivity index is 0.000000106. The standard InChI is InChI=1S/C42H27NS2.2C40H25NS2/c1-2-8-28(9-3-1)29-14-19-32(20-15-29)43(34-23-25-42-38(27-34)36-11-5-7-13-40(36)45-42)33-21-16-30(17-22-33)31-18-24-41-37(26-31)35-10-4-6-12-39(35)44-41;1-2-10-31-27(8-1)9-7-13-36(31)41(30-21-23-40-35(25-30)33-12-4-6-15-38(33)43-40)29-19-16-26(17-20-29)28-18-22-39-34(24-28)32-11-3-5-14-37(32)42-39;1-2-8-28-23-31(19-15-26(28)7-1)41(32-20-22-40-36(25-32)34-10-4-6-12-38(34)43-40)30-17-13-27(14-18-30)29-16-21-39-35(24-29)33-9-3-5-11-37(33)42-39/h1-27H;2*1-25H. The number of benzene rings is 21. The van der Waals surface area contributed by atoms with E-state index in [-0.39, 0.29) is 0 Å². The first-order chi connectivity index (χ1) is 64.9. The quantitative estimate of drug-likeness (QED) is 0.114. The Bertz CT molecular complexity index is 9060. The Kier molecular flexibility index (Phi) is 19.8. The normalized spacial score (nSPS) is 11.7. The maximum Gasteiger partial charge on any atom is 0.0540 e. The lowest BCUT2D eigenvalue weighted by Gasteiger charge is -2.27. The van der Waals surface area contributed by atoms with Gasteiger partial charge in [0.15, 0.2) is 0 Å². The molecule has 3 nitrogen and oxygen atoms in total. The number of thiophene rings is 6. The van der Waals surface area contributed by atoms with Crippen molar-refractivity contribution < 1.29 is 0 Å². The van der Waals surface area contributed by atoms with Crippen LogP contribution in [0.4, 0.5) is 51.2 Å². The molecule has 0 N–H and O–H groups in total. The van der Waals surface area contributed by atoms with Crippen molar-refractivity contribution in [1.82, 2.24) is 0 Å². The maximum atomic E-state index is 2.41. The zero-order chi connectivity index (χ0) is 86.4. The van der Waals surface area contributed by atoms with Crippen LogP contribution < -0.4 is 14.7 Å². The molecule has 0 aliphatic heterocycles. The van der Waals surface area contributed by atoms with Crippen LogP contribution in [-0.4, -0.2) is 0 Å². The predicted molar refractivity (Wildman–Crippen MR) is 577 cm³/mol. The molecule has 0 fully saturated rings. The van der Waals surface area contributed by atoms with Crippen LogP contribution in [0.25, 0.3) is 187 Å². The number of rotatable bonds is 13. The van der Waals surface area contributed by atoms with Gasteiger partial charge in [-0.05, 0) is 255 Å². The van der Waals surface area contributed by atoms with Gasteiger partial charge < -0.3 is 14.7 Å². The number of hydrogen-bond donors (Lipinski definition) is 0. The SMILES string of the molecule is c1ccc(-c2ccc(N(c3ccc(-c4ccc5sc6ccccc6c5c4)cc3)c3ccc4sc5ccccc5c4c3)cc2)cc1.c1ccc2c(N(c3ccc(-c4ccc5sc6ccccc6c5c4)cc3)c3ccc4sc5ccccc5c4c3)cccc2c1.c1ccc2cc(N(c3ccc(-c4ccc5sc6ccccc6c5c4)cc3)c3ccc4sc5ccccc5c4c3)ccc2c1. The van der Waals surface area contributed by atoms with Crippen LogP contribution in [0.15, 0.2) is 467 Å². The molecule has 9 heteroatoms. The van der Waals surface area contributed by atoms with Crippen molar-refractivity contribution in [3.8, 4) is 44.5 Å². The number of hydrogen-bond acceptors (Lipinski definition) is 9. The molecule has 0 saturated carbocycles. The maximum absolute atomic E-state index is 2.41. The van der Waals surface area contributed by atoms with Gasteiger partial charge in [-0.25, -0.2) is 0 Å². The molecule has 0 bridgehead atoms. The van der Waals surface area contributed by atoms with E-state index in [2.05, 4.69) is 482 Å². The van der Waals surface area contributed by atoms with E-state index in [0.717, 1.165) is 45.5 Å². The Labute approximate surface area is 781 Å². The summed E-state index contributed by atoms with van der Waals surface area (Å²) in [6, 6.07) is 171. The lowest BCUT2D eigenvalue weighted by Crippen LogP contribution is -2.10. The van der Waals surface area contributed by atoms with Gasteiger partial charge in [0.05, 0.1) is 5.69 Å². The van der Waals surface area contributed by atoms with Gasteiger partial charge in [-0.15, -0.1) is 68.0 Å². The van der Waals surface area contributed by atoms with E-state index in [0.29, 0.717) is 0 Å². The average molecular weight is 1780 g/mol. The van der Waals surface area contributed by atoms with Crippen molar-refractivity contribution in [3.63, 3.8) is 0 Å². The molecule has 0 spiro atoms. The Morgan fingerprint density at radius 2 is 0.344 bits per heavy atom. The molecule has 616 valence electrons. The molecular weight excluding hydrogens is 1700 g/mol. The molecule has 21 aromatic carbocycles. The van der Waals surface area contributed by atoms with Crippen molar-refractivity contribution in [1.29, 1.82) is 0 Å². The summed E-state index contributed by atoms with van der Waals surface area (Å²) in [4.78, 5) is 7.17. The average Bonchev–Trinajstić information content (AvgIpc) is 1.72. The fourth-order valence-corrected chi connectivity index (χ4v) is 25.7. The van der Waals surface area contributed by atoms with Crippen molar-refractivity contribution in [2.45, 2.75) is 0 Å². The van der Waals surface area contributed by atoms with Gasteiger partial charge in [0, 0.05) is 172 Å². The molecule has 0 saturated heterocycles. The van der Waals surface area contributed by atoms with Gasteiger partial charge in [-0.3, -0.25) is 0 Å². The molecular formula is C122H77N3S6. The Morgan fingerprint density at radius 1 is 0.115 bits per heavy atom. The monoisotopic (exact) mass is 1780 g/mol. The summed E-state index contributed by atoms with van der Waals surface area (Å²) in [5.74, 6) is 0. The van der Waals surface area contributed by atoms with Gasteiger partial charge in [0.2, 0.25) is 0 Å². The molecule has 0 radical (unpaired) electrons. The zero-order valence-electron chi connectivity index (χ0n) is 70.7. The second kappa shape index (κ2) is 33.2. The fraction of sp³-hybridized carbons (Fsp3) is 0. The molecule has 27 aromatic rings. The molecule has 6 heterocycles. The lowest BCUT2D eigenvalue weighted by molar-refractivity contribution is 1.29. The topological polar surface area (TPSA) is 9.72 Å². The minimum Gasteiger partial charge on any atom is -0.310 e. The lowest BCUT2D eigenvalue weighted by atomic mass is 10.0. The third-order valence-electron chi connectivity index (χ3n) is 25.6.